The summed E-state index contributed by atoms with van der Waals surface area (Å²) < 4.78 is 0. The standard InChI is InChI=1S/C34H40N2O/c1-33(2)27(23-35-21-19-26-11-6-13-28(33)31(26)35)17-15-24(9-8-22-37)16-18-30-34(3,4)29-14-5-10-25-12-7-20-36(30)32(25)29/h5-6,10-11,13-18,23,37H,7-9,12,19-22H2,1-4H3. The second-order valence-corrected chi connectivity index (χ2v) is 12.1. The first-order valence-corrected chi connectivity index (χ1v) is 14.0. The largest absolute Gasteiger partial charge is 0.396 e. The van der Waals surface area contributed by atoms with E-state index in [0.717, 1.165) is 32.4 Å². The van der Waals surface area contributed by atoms with E-state index in [0.29, 0.717) is 0 Å². The Morgan fingerprint density at radius 1 is 0.919 bits per heavy atom. The van der Waals surface area contributed by atoms with Gasteiger partial charge >= 0.3 is 0 Å². The zero-order valence-corrected chi connectivity index (χ0v) is 22.8. The molecule has 1 N–H and O–H groups in total. The Balaban J connectivity index is 1.34. The van der Waals surface area contributed by atoms with E-state index in [1.807, 2.05) is 0 Å². The van der Waals surface area contributed by atoms with Crippen molar-refractivity contribution in [3.05, 3.63) is 106 Å². The molecule has 4 aliphatic rings. The molecular weight excluding hydrogens is 452 g/mol. The van der Waals surface area contributed by atoms with Crippen molar-refractivity contribution in [1.82, 2.24) is 0 Å². The molecule has 2 aromatic carbocycles. The predicted octanol–water partition coefficient (Wildman–Crippen LogP) is 7.11. The number of hydrogen-bond donors (Lipinski definition) is 1. The first kappa shape index (κ1) is 24.3. The van der Waals surface area contributed by atoms with Crippen molar-refractivity contribution >= 4 is 11.4 Å². The molecule has 0 atom stereocenters. The van der Waals surface area contributed by atoms with E-state index in [9.17, 15) is 5.11 Å². The Labute approximate surface area is 222 Å². The number of rotatable bonds is 6. The molecule has 3 heteroatoms. The highest BCUT2D eigenvalue weighted by atomic mass is 16.2. The first-order valence-electron chi connectivity index (χ1n) is 14.0. The smallest absolute Gasteiger partial charge is 0.0483 e. The number of para-hydroxylation sites is 2. The maximum atomic E-state index is 9.60. The number of anilines is 2. The fourth-order valence-electron chi connectivity index (χ4n) is 6.91. The van der Waals surface area contributed by atoms with E-state index in [2.05, 4.69) is 104 Å². The van der Waals surface area contributed by atoms with Crippen LogP contribution in [0.1, 0.15) is 69.2 Å². The average molecular weight is 493 g/mol. The van der Waals surface area contributed by atoms with Crippen LogP contribution in [0.5, 0.6) is 0 Å². The number of aliphatic hydroxyl groups is 1. The van der Waals surface area contributed by atoms with Gasteiger partial charge < -0.3 is 14.9 Å². The van der Waals surface area contributed by atoms with Gasteiger partial charge in [0.1, 0.15) is 0 Å². The summed E-state index contributed by atoms with van der Waals surface area (Å²) in [5.41, 5.74) is 12.7. The molecule has 0 radical (unpaired) electrons. The van der Waals surface area contributed by atoms with Crippen LogP contribution < -0.4 is 9.80 Å². The maximum absolute atomic E-state index is 9.60. The summed E-state index contributed by atoms with van der Waals surface area (Å²) in [7, 11) is 0. The van der Waals surface area contributed by atoms with Gasteiger partial charge in [-0.2, -0.15) is 0 Å². The van der Waals surface area contributed by atoms with Gasteiger partial charge in [-0.15, -0.1) is 0 Å². The molecule has 4 heterocycles. The molecule has 4 aliphatic heterocycles. The van der Waals surface area contributed by atoms with Gasteiger partial charge in [-0.25, -0.2) is 0 Å². The number of allylic oxidation sites excluding steroid dienone is 7. The molecule has 0 saturated carbocycles. The van der Waals surface area contributed by atoms with E-state index < -0.39 is 0 Å². The van der Waals surface area contributed by atoms with Crippen molar-refractivity contribution in [1.29, 1.82) is 0 Å². The highest BCUT2D eigenvalue weighted by Crippen LogP contribution is 2.51. The van der Waals surface area contributed by atoms with Crippen LogP contribution >= 0.6 is 0 Å². The van der Waals surface area contributed by atoms with Gasteiger partial charge in [0.15, 0.2) is 0 Å². The zero-order valence-electron chi connectivity index (χ0n) is 22.8. The van der Waals surface area contributed by atoms with Crippen LogP contribution in [0, 0.1) is 0 Å². The van der Waals surface area contributed by atoms with Crippen molar-refractivity contribution in [2.45, 2.75) is 70.6 Å². The number of hydrogen-bond acceptors (Lipinski definition) is 3. The molecule has 0 aromatic heterocycles. The first-order chi connectivity index (χ1) is 17.8. The van der Waals surface area contributed by atoms with Gasteiger partial charge in [0, 0.05) is 53.8 Å². The Hall–Kier alpha value is -3.04. The van der Waals surface area contributed by atoms with E-state index in [4.69, 9.17) is 0 Å². The second-order valence-electron chi connectivity index (χ2n) is 12.1. The molecular formula is C34H40N2O. The minimum atomic E-state index is -0.0392. The maximum Gasteiger partial charge on any atom is 0.0483 e. The van der Waals surface area contributed by atoms with Gasteiger partial charge in [-0.3, -0.25) is 0 Å². The number of aryl methyl sites for hydroxylation is 1. The average Bonchev–Trinajstić information content (AvgIpc) is 3.40. The number of nitrogens with zero attached hydrogens (tertiary/aromatic N) is 2. The Morgan fingerprint density at radius 3 is 2.41 bits per heavy atom. The summed E-state index contributed by atoms with van der Waals surface area (Å²) >= 11 is 0. The van der Waals surface area contributed by atoms with E-state index >= 15 is 0 Å². The lowest BCUT2D eigenvalue weighted by atomic mass is 9.74. The molecule has 192 valence electrons. The quantitative estimate of drug-likeness (QED) is 0.436. The van der Waals surface area contributed by atoms with Crippen molar-refractivity contribution in [2.24, 2.45) is 0 Å². The van der Waals surface area contributed by atoms with Gasteiger partial charge in [-0.05, 0) is 71.6 Å². The molecule has 0 bridgehead atoms. The summed E-state index contributed by atoms with van der Waals surface area (Å²) in [6, 6.07) is 13.6. The number of benzene rings is 2. The molecule has 0 amide bonds. The Morgan fingerprint density at radius 2 is 1.65 bits per heavy atom. The van der Waals surface area contributed by atoms with Crippen molar-refractivity contribution in [3.8, 4) is 0 Å². The second kappa shape index (κ2) is 9.06. The van der Waals surface area contributed by atoms with Gasteiger partial charge in [0.05, 0.1) is 0 Å². The molecule has 3 nitrogen and oxygen atoms in total. The van der Waals surface area contributed by atoms with Crippen LogP contribution in [0.3, 0.4) is 0 Å². The van der Waals surface area contributed by atoms with Crippen molar-refractivity contribution in [3.63, 3.8) is 0 Å². The highest BCUT2D eigenvalue weighted by Gasteiger charge is 2.42. The molecule has 0 aliphatic carbocycles. The highest BCUT2D eigenvalue weighted by molar-refractivity contribution is 5.75. The molecule has 6 rings (SSSR count). The van der Waals surface area contributed by atoms with Crippen LogP contribution in [0.2, 0.25) is 0 Å². The molecule has 0 saturated heterocycles. The van der Waals surface area contributed by atoms with Crippen LogP contribution in [-0.2, 0) is 23.7 Å². The van der Waals surface area contributed by atoms with Crippen molar-refractivity contribution in [2.75, 3.05) is 29.5 Å². The molecule has 0 spiro atoms. The van der Waals surface area contributed by atoms with Crippen LogP contribution in [-0.4, -0.2) is 24.8 Å². The molecule has 37 heavy (non-hydrogen) atoms. The third-order valence-corrected chi connectivity index (χ3v) is 9.10. The molecule has 0 unspecified atom stereocenters. The van der Waals surface area contributed by atoms with Crippen LogP contribution in [0.15, 0.2) is 83.7 Å². The monoisotopic (exact) mass is 492 g/mol. The normalized spacial score (nSPS) is 22.0. The predicted molar refractivity (Wildman–Crippen MR) is 155 cm³/mol. The van der Waals surface area contributed by atoms with Gasteiger partial charge in [0.2, 0.25) is 0 Å². The van der Waals surface area contributed by atoms with E-state index in [1.165, 1.54) is 63.3 Å². The summed E-state index contributed by atoms with van der Waals surface area (Å²) in [6.45, 7) is 11.8. The minimum Gasteiger partial charge on any atom is -0.396 e. The third-order valence-electron chi connectivity index (χ3n) is 9.10. The minimum absolute atomic E-state index is 0.0109. The fraction of sp³-hybridized carbons (Fsp3) is 0.412. The zero-order chi connectivity index (χ0) is 25.8. The SMILES string of the molecule is CC1(C)C(C=CC(=CC=C2N3CCCc4cccc(c43)C2(C)C)CCCO)=CN2CCc3cccc1c32. The lowest BCUT2D eigenvalue weighted by molar-refractivity contribution is 0.289. The summed E-state index contributed by atoms with van der Waals surface area (Å²) in [6.07, 6.45) is 16.8. The number of aliphatic hydroxyl groups excluding tert-OH is 1. The van der Waals surface area contributed by atoms with E-state index in [1.54, 1.807) is 0 Å². The van der Waals surface area contributed by atoms with E-state index in [-0.39, 0.29) is 17.4 Å². The lowest BCUT2D eigenvalue weighted by Gasteiger charge is -2.37. The summed E-state index contributed by atoms with van der Waals surface area (Å²) in [4.78, 5) is 5.01. The summed E-state index contributed by atoms with van der Waals surface area (Å²) in [5, 5.41) is 9.60. The van der Waals surface area contributed by atoms with Crippen LogP contribution in [0.25, 0.3) is 0 Å². The third kappa shape index (κ3) is 3.90. The molecule has 0 fully saturated rings. The summed E-state index contributed by atoms with van der Waals surface area (Å²) in [5.74, 6) is 0. The Bertz CT molecular complexity index is 1350. The Kier molecular flexibility index (Phi) is 5.95. The van der Waals surface area contributed by atoms with Gasteiger partial charge in [0.25, 0.3) is 0 Å². The topological polar surface area (TPSA) is 26.7 Å². The van der Waals surface area contributed by atoms with Crippen LogP contribution in [0.4, 0.5) is 11.4 Å². The fourth-order valence-corrected chi connectivity index (χ4v) is 6.91. The lowest BCUT2D eigenvalue weighted by Crippen LogP contribution is -2.30. The van der Waals surface area contributed by atoms with Gasteiger partial charge in [-0.1, -0.05) is 82.3 Å². The molecule has 2 aromatic rings. The van der Waals surface area contributed by atoms with Crippen molar-refractivity contribution < 1.29 is 5.11 Å².